The van der Waals surface area contributed by atoms with Gasteiger partial charge >= 0.3 is 0 Å². The molecule has 2 rings (SSSR count). The van der Waals surface area contributed by atoms with E-state index in [9.17, 15) is 5.26 Å². The van der Waals surface area contributed by atoms with E-state index in [2.05, 4.69) is 18.3 Å². The van der Waals surface area contributed by atoms with Gasteiger partial charge in [-0.2, -0.15) is 5.26 Å². The Bertz CT molecular complexity index is 558. The van der Waals surface area contributed by atoms with E-state index >= 15 is 0 Å². The van der Waals surface area contributed by atoms with Gasteiger partial charge in [-0.15, -0.1) is 11.8 Å². The van der Waals surface area contributed by atoms with Crippen LogP contribution in [0.5, 0.6) is 0 Å². The number of para-hydroxylation sites is 1. The van der Waals surface area contributed by atoms with Crippen LogP contribution in [0.25, 0.3) is 0 Å². The lowest BCUT2D eigenvalue weighted by Gasteiger charge is -2.10. The first kappa shape index (κ1) is 12.5. The summed E-state index contributed by atoms with van der Waals surface area (Å²) >= 11 is 1.69. The monoisotopic (exact) mass is 254 g/mol. The number of hydrogen-bond donors (Lipinski definition) is 1. The third-order valence-electron chi connectivity index (χ3n) is 2.49. The van der Waals surface area contributed by atoms with Crippen LogP contribution in [0.2, 0.25) is 0 Å². The Morgan fingerprint density at radius 1 is 1.11 bits per heavy atom. The van der Waals surface area contributed by atoms with Gasteiger partial charge in [-0.1, -0.05) is 31.2 Å². The largest absolute Gasteiger partial charge is 0.354 e. The van der Waals surface area contributed by atoms with Crippen molar-refractivity contribution in [2.45, 2.75) is 11.8 Å². The second kappa shape index (κ2) is 6.13. The van der Waals surface area contributed by atoms with Crippen molar-refractivity contribution < 1.29 is 0 Å². The molecule has 0 saturated carbocycles. The van der Waals surface area contributed by atoms with Crippen LogP contribution in [-0.2, 0) is 0 Å². The molecule has 0 radical (unpaired) electrons. The first-order chi connectivity index (χ1) is 8.85. The fourth-order valence-electron chi connectivity index (χ4n) is 1.70. The van der Waals surface area contributed by atoms with E-state index in [0.717, 1.165) is 22.0 Å². The Labute approximate surface area is 112 Å². The first-order valence-electron chi connectivity index (χ1n) is 5.83. The summed E-state index contributed by atoms with van der Waals surface area (Å²) < 4.78 is 0. The number of hydrogen-bond acceptors (Lipinski definition) is 3. The van der Waals surface area contributed by atoms with Gasteiger partial charge in [-0.05, 0) is 30.0 Å². The van der Waals surface area contributed by atoms with Gasteiger partial charge in [0.1, 0.15) is 6.07 Å². The quantitative estimate of drug-likeness (QED) is 0.821. The highest BCUT2D eigenvalue weighted by Gasteiger charge is 2.07. The van der Waals surface area contributed by atoms with Gasteiger partial charge < -0.3 is 5.32 Å². The van der Waals surface area contributed by atoms with E-state index in [1.54, 1.807) is 11.8 Å². The van der Waals surface area contributed by atoms with Gasteiger partial charge in [0.25, 0.3) is 0 Å². The second-order valence-electron chi connectivity index (χ2n) is 3.71. The van der Waals surface area contributed by atoms with Crippen LogP contribution in [-0.4, -0.2) is 5.75 Å². The third-order valence-corrected chi connectivity index (χ3v) is 3.43. The number of anilines is 2. The minimum absolute atomic E-state index is 0.716. The van der Waals surface area contributed by atoms with Gasteiger partial charge in [-0.3, -0.25) is 0 Å². The second-order valence-corrected chi connectivity index (χ2v) is 5.02. The molecule has 2 nitrogen and oxygen atoms in total. The Balaban J connectivity index is 2.34. The number of benzene rings is 2. The molecule has 0 aromatic heterocycles. The van der Waals surface area contributed by atoms with Crippen LogP contribution in [0.4, 0.5) is 11.4 Å². The molecule has 0 spiro atoms. The number of thioether (sulfide) groups is 1. The standard InChI is InChI=1S/C15H14N2S/c1-2-18-15-10-6-9-14(13(15)11-16)17-12-7-4-3-5-8-12/h3-10,17H,2H2,1H3. The van der Waals surface area contributed by atoms with Gasteiger partial charge in [0.05, 0.1) is 11.3 Å². The summed E-state index contributed by atoms with van der Waals surface area (Å²) in [5.41, 5.74) is 2.57. The molecule has 0 fully saturated rings. The van der Waals surface area contributed by atoms with E-state index in [1.807, 2.05) is 48.5 Å². The van der Waals surface area contributed by atoms with Crippen molar-refractivity contribution in [2.75, 3.05) is 11.1 Å². The molecule has 2 aromatic rings. The van der Waals surface area contributed by atoms with Gasteiger partial charge in [0.2, 0.25) is 0 Å². The summed E-state index contributed by atoms with van der Waals surface area (Å²) in [5.74, 6) is 0.962. The average Bonchev–Trinajstić information content (AvgIpc) is 2.41. The minimum atomic E-state index is 0.716. The van der Waals surface area contributed by atoms with Gasteiger partial charge in [-0.25, -0.2) is 0 Å². The van der Waals surface area contributed by atoms with Crippen LogP contribution in [0.1, 0.15) is 12.5 Å². The molecule has 0 heterocycles. The normalized spacial score (nSPS) is 9.78. The topological polar surface area (TPSA) is 35.8 Å². The molecule has 2 aromatic carbocycles. The number of nitrogens with one attached hydrogen (secondary N) is 1. The molecule has 0 amide bonds. The predicted molar refractivity (Wildman–Crippen MR) is 77.3 cm³/mol. The fourth-order valence-corrected chi connectivity index (χ4v) is 2.49. The molecule has 18 heavy (non-hydrogen) atoms. The molecular formula is C15H14N2S. The molecule has 3 heteroatoms. The maximum atomic E-state index is 9.30. The van der Waals surface area contributed by atoms with Crippen LogP contribution in [0.3, 0.4) is 0 Å². The summed E-state index contributed by atoms with van der Waals surface area (Å²) in [5, 5.41) is 12.6. The van der Waals surface area contributed by atoms with E-state index < -0.39 is 0 Å². The Kier molecular flexibility index (Phi) is 4.27. The summed E-state index contributed by atoms with van der Waals surface area (Å²) in [4.78, 5) is 1.03. The smallest absolute Gasteiger partial charge is 0.103 e. The van der Waals surface area contributed by atoms with Crippen LogP contribution >= 0.6 is 11.8 Å². The number of nitrogens with zero attached hydrogens (tertiary/aromatic N) is 1. The van der Waals surface area contributed by atoms with Crippen molar-refractivity contribution in [3.8, 4) is 6.07 Å². The molecular weight excluding hydrogens is 240 g/mol. The maximum absolute atomic E-state index is 9.30. The van der Waals surface area contributed by atoms with Crippen LogP contribution in [0, 0.1) is 11.3 Å². The molecule has 0 atom stereocenters. The lowest BCUT2D eigenvalue weighted by molar-refractivity contribution is 1.35. The van der Waals surface area contributed by atoms with E-state index in [1.165, 1.54) is 0 Å². The molecule has 0 unspecified atom stereocenters. The van der Waals surface area contributed by atoms with Crippen molar-refractivity contribution in [2.24, 2.45) is 0 Å². The zero-order valence-corrected chi connectivity index (χ0v) is 11.0. The molecule has 0 saturated heterocycles. The van der Waals surface area contributed by atoms with Crippen molar-refractivity contribution in [1.82, 2.24) is 0 Å². The Morgan fingerprint density at radius 3 is 2.56 bits per heavy atom. The zero-order valence-electron chi connectivity index (χ0n) is 10.2. The molecule has 90 valence electrons. The van der Waals surface area contributed by atoms with Crippen molar-refractivity contribution in [3.05, 3.63) is 54.1 Å². The maximum Gasteiger partial charge on any atom is 0.103 e. The fraction of sp³-hybridized carbons (Fsp3) is 0.133. The van der Waals surface area contributed by atoms with Gasteiger partial charge in [0, 0.05) is 10.6 Å². The highest BCUT2D eigenvalue weighted by atomic mass is 32.2. The predicted octanol–water partition coefficient (Wildman–Crippen LogP) is 4.41. The number of nitriles is 1. The highest BCUT2D eigenvalue weighted by molar-refractivity contribution is 7.99. The average molecular weight is 254 g/mol. The molecule has 1 N–H and O–H groups in total. The minimum Gasteiger partial charge on any atom is -0.354 e. The molecule has 0 aliphatic carbocycles. The SMILES string of the molecule is CCSc1cccc(Nc2ccccc2)c1C#N. The summed E-state index contributed by atoms with van der Waals surface area (Å²) in [6, 6.07) is 18.1. The molecule has 0 bridgehead atoms. The van der Waals surface area contributed by atoms with Crippen molar-refractivity contribution >= 4 is 23.1 Å². The van der Waals surface area contributed by atoms with Crippen molar-refractivity contribution in [3.63, 3.8) is 0 Å². The van der Waals surface area contributed by atoms with E-state index in [4.69, 9.17) is 0 Å². The zero-order chi connectivity index (χ0) is 12.8. The number of rotatable bonds is 4. The lowest BCUT2D eigenvalue weighted by Crippen LogP contribution is -1.95. The van der Waals surface area contributed by atoms with E-state index in [-0.39, 0.29) is 0 Å². The Morgan fingerprint density at radius 2 is 1.89 bits per heavy atom. The lowest BCUT2D eigenvalue weighted by atomic mass is 10.2. The van der Waals surface area contributed by atoms with Crippen LogP contribution < -0.4 is 5.32 Å². The van der Waals surface area contributed by atoms with E-state index in [0.29, 0.717) is 5.56 Å². The van der Waals surface area contributed by atoms with Crippen molar-refractivity contribution in [1.29, 1.82) is 5.26 Å². The Hall–Kier alpha value is -1.92. The highest BCUT2D eigenvalue weighted by Crippen LogP contribution is 2.29. The summed E-state index contributed by atoms with van der Waals surface area (Å²) in [6.45, 7) is 2.09. The summed E-state index contributed by atoms with van der Waals surface area (Å²) in [7, 11) is 0. The molecule has 0 aliphatic heterocycles. The molecule has 0 aliphatic rings. The van der Waals surface area contributed by atoms with Gasteiger partial charge in [0.15, 0.2) is 0 Å². The third kappa shape index (κ3) is 2.85. The first-order valence-corrected chi connectivity index (χ1v) is 6.81. The summed E-state index contributed by atoms with van der Waals surface area (Å²) in [6.07, 6.45) is 0. The van der Waals surface area contributed by atoms with Crippen LogP contribution in [0.15, 0.2) is 53.4 Å².